The number of hydrogen-bond acceptors (Lipinski definition) is 8. The fourth-order valence-electron chi connectivity index (χ4n) is 10.5. The highest BCUT2D eigenvalue weighted by molar-refractivity contribution is 9.13. The first kappa shape index (κ1) is 37.1. The highest BCUT2D eigenvalue weighted by Gasteiger charge is 2.68. The molecule has 286 valence electrons. The number of fused-ring (bicyclic) bond motifs is 5. The summed E-state index contributed by atoms with van der Waals surface area (Å²) in [5, 5.41) is 17.4. The van der Waals surface area contributed by atoms with E-state index in [1.54, 1.807) is 40.1 Å². The first-order valence-corrected chi connectivity index (χ1v) is 21.5. The van der Waals surface area contributed by atoms with Crippen molar-refractivity contribution in [3.63, 3.8) is 0 Å². The monoisotopic (exact) mass is 908 g/mol. The minimum absolute atomic E-state index is 0.107. The third-order valence-electron chi connectivity index (χ3n) is 13.2. The first-order valence-electron chi connectivity index (χ1n) is 18.7. The Kier molecular flexibility index (Phi) is 8.95. The van der Waals surface area contributed by atoms with E-state index in [-0.39, 0.29) is 47.6 Å². The lowest BCUT2D eigenvalue weighted by atomic mass is 9.51. The Balaban J connectivity index is 1.18. The van der Waals surface area contributed by atoms with Crippen molar-refractivity contribution in [1.82, 2.24) is 14.7 Å². The quantitative estimate of drug-likeness (QED) is 0.157. The standard InChI is InChI=1S/C41H39Br2ClN4O6S/c1-18-23-14-19(44)10-13-29(23)55-36(18)27-17-30(46(3)45-27)48-38(51)26-15-24-21(11-12-22-31(24)39(52)47(37(22)50)20-8-6-5-7-9-20)32(41(26,2)40(48)53)25-16-28(54-4)35(49)34(43)33(25)42/h10-11,13-14,16-17,20,22,24,26,31-32,49H,5-9,12,15H2,1-4H3/t22-,24+,26-,31-,32+,41+/m0/s1. The minimum atomic E-state index is -1.31. The Morgan fingerprint density at radius 1 is 1.00 bits per heavy atom. The summed E-state index contributed by atoms with van der Waals surface area (Å²) in [5.41, 5.74) is 1.83. The van der Waals surface area contributed by atoms with E-state index in [4.69, 9.17) is 21.4 Å². The molecule has 9 rings (SSSR count). The molecule has 4 amide bonds. The number of ether oxygens (including phenoxy) is 1. The summed E-state index contributed by atoms with van der Waals surface area (Å²) in [6.07, 6.45) is 7.34. The number of hydrogen-bond donors (Lipinski definition) is 1. The van der Waals surface area contributed by atoms with Crippen molar-refractivity contribution < 1.29 is 29.0 Å². The number of carbonyl (C=O) groups is 4. The smallest absolute Gasteiger partial charge is 0.242 e. The number of aromatic hydroxyl groups is 1. The van der Waals surface area contributed by atoms with Gasteiger partial charge in [0.25, 0.3) is 0 Å². The van der Waals surface area contributed by atoms with Crippen LogP contribution in [0, 0.1) is 36.0 Å². The van der Waals surface area contributed by atoms with Gasteiger partial charge in [-0.05, 0) is 118 Å². The number of halogens is 3. The van der Waals surface area contributed by atoms with Crippen LogP contribution in [0.1, 0.15) is 68.9 Å². The third-order valence-corrected chi connectivity index (χ3v) is 16.9. The van der Waals surface area contributed by atoms with Crippen LogP contribution in [0.3, 0.4) is 0 Å². The van der Waals surface area contributed by atoms with Crippen LogP contribution < -0.4 is 9.64 Å². The zero-order valence-corrected chi connectivity index (χ0v) is 35.4. The third kappa shape index (κ3) is 5.24. The second kappa shape index (κ2) is 13.3. The van der Waals surface area contributed by atoms with E-state index in [2.05, 4.69) is 31.9 Å². The molecule has 14 heteroatoms. The van der Waals surface area contributed by atoms with Gasteiger partial charge in [-0.1, -0.05) is 42.5 Å². The largest absolute Gasteiger partial charge is 0.503 e. The van der Waals surface area contributed by atoms with Gasteiger partial charge in [-0.25, -0.2) is 4.90 Å². The van der Waals surface area contributed by atoms with E-state index >= 15 is 9.59 Å². The van der Waals surface area contributed by atoms with Crippen molar-refractivity contribution in [2.45, 2.75) is 70.8 Å². The number of thiophene rings is 1. The van der Waals surface area contributed by atoms with Gasteiger partial charge >= 0.3 is 0 Å². The van der Waals surface area contributed by atoms with Gasteiger partial charge in [0.15, 0.2) is 11.5 Å². The lowest BCUT2D eigenvalue weighted by Crippen LogP contribution is -2.49. The maximum Gasteiger partial charge on any atom is 0.242 e. The van der Waals surface area contributed by atoms with Crippen molar-refractivity contribution >= 4 is 94.3 Å². The van der Waals surface area contributed by atoms with E-state index in [0.717, 1.165) is 58.2 Å². The molecule has 10 nitrogen and oxygen atoms in total. The van der Waals surface area contributed by atoms with Gasteiger partial charge in [0.1, 0.15) is 11.5 Å². The number of anilines is 1. The topological polar surface area (TPSA) is 122 Å². The molecule has 5 aliphatic rings. The number of methoxy groups -OCH3 is 1. The average molecular weight is 911 g/mol. The van der Waals surface area contributed by atoms with Crippen molar-refractivity contribution in [1.29, 1.82) is 0 Å². The Hall–Kier alpha value is -3.52. The number of likely N-dealkylation sites (tertiary alicyclic amines) is 1. The molecule has 2 saturated carbocycles. The van der Waals surface area contributed by atoms with Crippen LogP contribution in [0.5, 0.6) is 11.5 Å². The van der Waals surface area contributed by atoms with Crippen molar-refractivity contribution in [2.75, 3.05) is 12.0 Å². The van der Waals surface area contributed by atoms with E-state index < -0.39 is 35.0 Å². The van der Waals surface area contributed by atoms with Gasteiger partial charge in [-0.3, -0.25) is 28.8 Å². The molecule has 55 heavy (non-hydrogen) atoms. The van der Waals surface area contributed by atoms with Gasteiger partial charge < -0.3 is 9.84 Å². The van der Waals surface area contributed by atoms with E-state index in [0.29, 0.717) is 37.5 Å². The van der Waals surface area contributed by atoms with Crippen LogP contribution >= 0.6 is 54.8 Å². The summed E-state index contributed by atoms with van der Waals surface area (Å²) in [6, 6.07) is 9.16. The second-order valence-corrected chi connectivity index (χ2v) is 18.9. The number of carbonyl (C=O) groups excluding carboxylic acids is 4. The summed E-state index contributed by atoms with van der Waals surface area (Å²) in [4.78, 5) is 62.6. The summed E-state index contributed by atoms with van der Waals surface area (Å²) in [5.74, 6) is -3.71. The Morgan fingerprint density at radius 3 is 2.47 bits per heavy atom. The summed E-state index contributed by atoms with van der Waals surface area (Å²) in [6.45, 7) is 3.86. The predicted molar refractivity (Wildman–Crippen MR) is 217 cm³/mol. The molecule has 2 aromatic carbocycles. The normalized spacial score (nSPS) is 28.2. The van der Waals surface area contributed by atoms with Crippen LogP contribution in [0.4, 0.5) is 5.82 Å². The fourth-order valence-corrected chi connectivity index (χ4v) is 12.8. The van der Waals surface area contributed by atoms with Crippen LogP contribution in [0.25, 0.3) is 20.7 Å². The van der Waals surface area contributed by atoms with Crippen LogP contribution in [0.15, 0.2) is 50.9 Å². The van der Waals surface area contributed by atoms with Gasteiger partial charge in [0, 0.05) is 39.3 Å². The molecule has 4 aromatic rings. The molecule has 0 spiro atoms. The van der Waals surface area contributed by atoms with Gasteiger partial charge in [-0.15, -0.1) is 11.3 Å². The van der Waals surface area contributed by atoms with Crippen LogP contribution in [-0.4, -0.2) is 56.6 Å². The molecule has 3 aliphatic carbocycles. The highest BCUT2D eigenvalue weighted by Crippen LogP contribution is 2.65. The number of aryl methyl sites for hydroxylation is 2. The Labute approximate surface area is 344 Å². The zero-order chi connectivity index (χ0) is 38.8. The molecule has 0 unspecified atom stereocenters. The summed E-state index contributed by atoms with van der Waals surface area (Å²) < 4.78 is 9.10. The molecule has 2 aromatic heterocycles. The maximum absolute atomic E-state index is 15.3. The Bertz CT molecular complexity index is 2400. The average Bonchev–Trinajstić information content (AvgIpc) is 3.84. The molecular formula is C41H39Br2ClN4O6S. The number of imide groups is 2. The molecule has 4 fully saturated rings. The molecule has 6 atom stereocenters. The number of benzene rings is 2. The van der Waals surface area contributed by atoms with Gasteiger partial charge in [0.05, 0.1) is 39.6 Å². The van der Waals surface area contributed by atoms with Crippen molar-refractivity contribution in [3.05, 3.63) is 67.1 Å². The molecular weight excluding hydrogens is 872 g/mol. The first-order chi connectivity index (χ1) is 26.3. The number of amides is 4. The zero-order valence-electron chi connectivity index (χ0n) is 30.7. The van der Waals surface area contributed by atoms with E-state index in [1.807, 2.05) is 38.1 Å². The molecule has 1 N–H and O–H groups in total. The number of rotatable bonds is 5. The number of aromatic nitrogens is 2. The number of phenols is 1. The molecule has 4 heterocycles. The minimum Gasteiger partial charge on any atom is -0.503 e. The molecule has 2 aliphatic heterocycles. The van der Waals surface area contributed by atoms with E-state index in [9.17, 15) is 14.7 Å². The molecule has 0 bridgehead atoms. The fraction of sp³-hybridized carbons (Fsp3) is 0.439. The van der Waals surface area contributed by atoms with Crippen LogP contribution in [-0.2, 0) is 26.2 Å². The Morgan fingerprint density at radius 2 is 1.75 bits per heavy atom. The molecule has 2 saturated heterocycles. The van der Waals surface area contributed by atoms with Crippen LogP contribution in [0.2, 0.25) is 5.02 Å². The second-order valence-electron chi connectivity index (χ2n) is 15.9. The number of nitrogens with zero attached hydrogens (tertiary/aromatic N) is 4. The maximum atomic E-state index is 15.3. The SMILES string of the molecule is COc1cc([C@H]2C3=CC[C@@H]4C(=O)N(C5CCCCC5)C(=O)[C@@H]4[C@@H]3C[C@H]3C(=O)N(c4cc(-c5sc6ccc(Cl)cc6c5C)nn4C)C(=O)[C@@]23C)c(Br)c(Br)c1O. The van der Waals surface area contributed by atoms with Gasteiger partial charge in [-0.2, -0.15) is 5.10 Å². The summed E-state index contributed by atoms with van der Waals surface area (Å²) in [7, 11) is 3.19. The van der Waals surface area contributed by atoms with Gasteiger partial charge in [0.2, 0.25) is 23.6 Å². The lowest BCUT2D eigenvalue weighted by Gasteiger charge is -2.49. The summed E-state index contributed by atoms with van der Waals surface area (Å²) >= 11 is 15.2. The predicted octanol–water partition coefficient (Wildman–Crippen LogP) is 9.07. The number of allylic oxidation sites excluding steroid dienone is 2. The highest BCUT2D eigenvalue weighted by atomic mass is 79.9. The van der Waals surface area contributed by atoms with E-state index in [1.165, 1.54) is 12.0 Å². The van der Waals surface area contributed by atoms with Crippen molar-refractivity contribution in [2.24, 2.45) is 36.1 Å². The number of phenolic OH excluding ortho intramolecular Hbond substituents is 1. The lowest BCUT2D eigenvalue weighted by molar-refractivity contribution is -0.144. The molecule has 0 radical (unpaired) electrons. The van der Waals surface area contributed by atoms with Crippen molar-refractivity contribution in [3.8, 4) is 22.1 Å².